The third-order valence-electron chi connectivity index (χ3n) is 3.31. The van der Waals surface area contributed by atoms with Crippen molar-refractivity contribution in [1.82, 2.24) is 0 Å². The van der Waals surface area contributed by atoms with Gasteiger partial charge in [0.2, 0.25) is 0 Å². The zero-order chi connectivity index (χ0) is 8.70. The Morgan fingerprint density at radius 3 is 2.09 bits per heavy atom. The molecule has 66 valence electrons. The lowest BCUT2D eigenvalue weighted by atomic mass is 9.71. The van der Waals surface area contributed by atoms with E-state index in [1.165, 1.54) is 12.8 Å². The molecule has 1 rings (SSSR count). The van der Waals surface area contributed by atoms with Gasteiger partial charge in [0.15, 0.2) is 0 Å². The minimum Gasteiger partial charge on any atom is -0.389 e. The van der Waals surface area contributed by atoms with Crippen LogP contribution in [0.25, 0.3) is 0 Å². The average molecular weight is 156 g/mol. The van der Waals surface area contributed by atoms with E-state index in [-0.39, 0.29) is 5.41 Å². The summed E-state index contributed by atoms with van der Waals surface area (Å²) in [6.45, 7) is 8.57. The van der Waals surface area contributed by atoms with Gasteiger partial charge in [0, 0.05) is 0 Å². The molecular formula is C10H20O. The largest absolute Gasteiger partial charge is 0.389 e. The van der Waals surface area contributed by atoms with Crippen LogP contribution in [-0.4, -0.2) is 10.7 Å². The lowest BCUT2D eigenvalue weighted by Gasteiger charge is -2.40. The molecule has 1 aliphatic rings. The topological polar surface area (TPSA) is 20.2 Å². The standard InChI is InChI=1S/C10H20O/c1-8-6-5-7-10(8,11)9(2,3)4/h8,11H,5-7H2,1-4H3. The Morgan fingerprint density at radius 1 is 1.36 bits per heavy atom. The van der Waals surface area contributed by atoms with E-state index < -0.39 is 5.60 Å². The van der Waals surface area contributed by atoms with Crippen LogP contribution in [0.5, 0.6) is 0 Å². The molecule has 0 aromatic carbocycles. The fraction of sp³-hybridized carbons (Fsp3) is 1.00. The van der Waals surface area contributed by atoms with Gasteiger partial charge in [0.1, 0.15) is 0 Å². The van der Waals surface area contributed by atoms with Crippen molar-refractivity contribution in [3.05, 3.63) is 0 Å². The molecule has 0 aliphatic heterocycles. The van der Waals surface area contributed by atoms with Crippen molar-refractivity contribution in [3.8, 4) is 0 Å². The molecule has 1 heteroatoms. The van der Waals surface area contributed by atoms with Gasteiger partial charge in [-0.3, -0.25) is 0 Å². The first-order chi connectivity index (χ1) is 4.88. The molecule has 1 saturated carbocycles. The predicted octanol–water partition coefficient (Wildman–Crippen LogP) is 2.58. The van der Waals surface area contributed by atoms with Crippen molar-refractivity contribution in [2.45, 2.75) is 52.6 Å². The summed E-state index contributed by atoms with van der Waals surface area (Å²) in [5.41, 5.74) is -0.365. The van der Waals surface area contributed by atoms with E-state index in [0.717, 1.165) is 6.42 Å². The Balaban J connectivity index is 2.81. The zero-order valence-electron chi connectivity index (χ0n) is 8.15. The molecular weight excluding hydrogens is 136 g/mol. The van der Waals surface area contributed by atoms with Gasteiger partial charge in [-0.1, -0.05) is 34.1 Å². The molecule has 2 atom stereocenters. The van der Waals surface area contributed by atoms with E-state index >= 15 is 0 Å². The van der Waals surface area contributed by atoms with Gasteiger partial charge in [-0.15, -0.1) is 0 Å². The molecule has 11 heavy (non-hydrogen) atoms. The van der Waals surface area contributed by atoms with Gasteiger partial charge in [0.25, 0.3) is 0 Å². The van der Waals surface area contributed by atoms with Crippen molar-refractivity contribution in [2.75, 3.05) is 0 Å². The molecule has 0 heterocycles. The fourth-order valence-electron chi connectivity index (χ4n) is 2.28. The Kier molecular flexibility index (Phi) is 2.04. The van der Waals surface area contributed by atoms with E-state index in [4.69, 9.17) is 0 Å². The van der Waals surface area contributed by atoms with E-state index in [0.29, 0.717) is 5.92 Å². The molecule has 0 aromatic heterocycles. The average Bonchev–Trinajstić information content (AvgIpc) is 2.12. The smallest absolute Gasteiger partial charge is 0.0721 e. The van der Waals surface area contributed by atoms with Crippen molar-refractivity contribution < 1.29 is 5.11 Å². The van der Waals surface area contributed by atoms with Crippen molar-refractivity contribution in [2.24, 2.45) is 11.3 Å². The van der Waals surface area contributed by atoms with Gasteiger partial charge >= 0.3 is 0 Å². The van der Waals surface area contributed by atoms with Crippen LogP contribution < -0.4 is 0 Å². The van der Waals surface area contributed by atoms with E-state index in [9.17, 15) is 5.11 Å². The second-order valence-corrected chi connectivity index (χ2v) is 4.97. The molecule has 0 saturated heterocycles. The maximum atomic E-state index is 10.3. The predicted molar refractivity (Wildman–Crippen MR) is 47.4 cm³/mol. The molecule has 0 radical (unpaired) electrons. The van der Waals surface area contributed by atoms with Crippen molar-refractivity contribution >= 4 is 0 Å². The number of aliphatic hydroxyl groups is 1. The second-order valence-electron chi connectivity index (χ2n) is 4.97. The summed E-state index contributed by atoms with van der Waals surface area (Å²) in [6.07, 6.45) is 3.36. The Hall–Kier alpha value is -0.0400. The third-order valence-corrected chi connectivity index (χ3v) is 3.31. The molecule has 1 fully saturated rings. The summed E-state index contributed by atoms with van der Waals surface area (Å²) < 4.78 is 0. The summed E-state index contributed by atoms with van der Waals surface area (Å²) in [5, 5.41) is 10.3. The molecule has 1 aliphatic carbocycles. The zero-order valence-corrected chi connectivity index (χ0v) is 8.15. The normalized spacial score (nSPS) is 39.5. The van der Waals surface area contributed by atoms with Crippen molar-refractivity contribution in [1.29, 1.82) is 0 Å². The first-order valence-electron chi connectivity index (χ1n) is 4.60. The number of rotatable bonds is 0. The van der Waals surface area contributed by atoms with Gasteiger partial charge in [0.05, 0.1) is 5.60 Å². The Bertz CT molecular complexity index is 145. The van der Waals surface area contributed by atoms with Crippen LogP contribution in [0.1, 0.15) is 47.0 Å². The van der Waals surface area contributed by atoms with E-state index in [1.807, 2.05) is 0 Å². The van der Waals surface area contributed by atoms with E-state index in [1.54, 1.807) is 0 Å². The van der Waals surface area contributed by atoms with Gasteiger partial charge in [-0.25, -0.2) is 0 Å². The van der Waals surface area contributed by atoms with Crippen LogP contribution in [0.2, 0.25) is 0 Å². The van der Waals surface area contributed by atoms with Crippen LogP contribution in [0.4, 0.5) is 0 Å². The van der Waals surface area contributed by atoms with E-state index in [2.05, 4.69) is 27.7 Å². The van der Waals surface area contributed by atoms with Crippen LogP contribution in [-0.2, 0) is 0 Å². The monoisotopic (exact) mass is 156 g/mol. The van der Waals surface area contributed by atoms with Gasteiger partial charge in [-0.05, 0) is 24.2 Å². The molecule has 0 aromatic rings. The summed E-state index contributed by atoms with van der Waals surface area (Å²) in [4.78, 5) is 0. The van der Waals surface area contributed by atoms with Crippen LogP contribution in [0, 0.1) is 11.3 Å². The SMILES string of the molecule is CC1CCCC1(O)C(C)(C)C. The highest BCUT2D eigenvalue weighted by Gasteiger charge is 2.47. The Morgan fingerprint density at radius 2 is 1.91 bits per heavy atom. The Labute approximate surface area is 69.8 Å². The highest BCUT2D eigenvalue weighted by molar-refractivity contribution is 4.98. The summed E-state index contributed by atoms with van der Waals surface area (Å²) >= 11 is 0. The molecule has 0 amide bonds. The molecule has 1 nitrogen and oxygen atoms in total. The fourth-order valence-corrected chi connectivity index (χ4v) is 2.28. The highest BCUT2D eigenvalue weighted by atomic mass is 16.3. The third kappa shape index (κ3) is 1.31. The highest BCUT2D eigenvalue weighted by Crippen LogP contribution is 2.46. The molecule has 0 spiro atoms. The molecule has 2 unspecified atom stereocenters. The van der Waals surface area contributed by atoms with Crippen LogP contribution >= 0.6 is 0 Å². The lowest BCUT2D eigenvalue weighted by molar-refractivity contribution is -0.0826. The second kappa shape index (κ2) is 2.48. The molecule has 1 N–H and O–H groups in total. The quantitative estimate of drug-likeness (QED) is 0.571. The van der Waals surface area contributed by atoms with Crippen molar-refractivity contribution in [3.63, 3.8) is 0 Å². The minimum atomic E-state index is -0.410. The molecule has 0 bridgehead atoms. The van der Waals surface area contributed by atoms with Crippen LogP contribution in [0.15, 0.2) is 0 Å². The van der Waals surface area contributed by atoms with Gasteiger partial charge in [-0.2, -0.15) is 0 Å². The summed E-state index contributed by atoms with van der Waals surface area (Å²) in [7, 11) is 0. The maximum absolute atomic E-state index is 10.3. The first kappa shape index (κ1) is 9.05. The minimum absolute atomic E-state index is 0.0446. The number of hydrogen-bond donors (Lipinski definition) is 1. The first-order valence-corrected chi connectivity index (χ1v) is 4.60. The van der Waals surface area contributed by atoms with Crippen LogP contribution in [0.3, 0.4) is 0 Å². The number of hydrogen-bond acceptors (Lipinski definition) is 1. The lowest BCUT2D eigenvalue weighted by Crippen LogP contribution is -2.44. The van der Waals surface area contributed by atoms with Gasteiger partial charge < -0.3 is 5.11 Å². The summed E-state index contributed by atoms with van der Waals surface area (Å²) in [6, 6.07) is 0. The maximum Gasteiger partial charge on any atom is 0.0721 e. The summed E-state index contributed by atoms with van der Waals surface area (Å²) in [5.74, 6) is 0.475.